The van der Waals surface area contributed by atoms with Crippen LogP contribution in [0.15, 0.2) is 42.5 Å². The lowest BCUT2D eigenvalue weighted by atomic mass is 9.78. The smallest absolute Gasteiger partial charge is 0.341 e. The van der Waals surface area contributed by atoms with E-state index in [4.69, 9.17) is 4.74 Å². The fourth-order valence-corrected chi connectivity index (χ4v) is 5.06. The molecule has 1 aliphatic carbocycles. The molecule has 1 fully saturated rings. The average molecular weight is 457 g/mol. The molecule has 0 saturated heterocycles. The van der Waals surface area contributed by atoms with E-state index in [2.05, 4.69) is 19.1 Å². The molecule has 0 heterocycles. The van der Waals surface area contributed by atoms with Crippen molar-refractivity contribution in [2.45, 2.75) is 90.6 Å². The third-order valence-electron chi connectivity index (χ3n) is 7.09. The molecule has 3 rings (SSSR count). The van der Waals surface area contributed by atoms with Crippen LogP contribution in [0.4, 0.5) is 8.78 Å². The van der Waals surface area contributed by atoms with E-state index in [1.165, 1.54) is 50.2 Å². The highest BCUT2D eigenvalue weighted by Gasteiger charge is 2.23. The van der Waals surface area contributed by atoms with Crippen molar-refractivity contribution in [3.8, 4) is 0 Å². The zero-order chi connectivity index (χ0) is 23.6. The first kappa shape index (κ1) is 25.4. The molecule has 1 aliphatic rings. The Morgan fingerprint density at radius 3 is 2.27 bits per heavy atom. The van der Waals surface area contributed by atoms with Crippen molar-refractivity contribution in [3.63, 3.8) is 0 Å². The van der Waals surface area contributed by atoms with Gasteiger partial charge in [-0.1, -0.05) is 81.8 Å². The molecule has 0 radical (unpaired) electrons. The number of benzene rings is 2. The molecule has 0 aliphatic heterocycles. The van der Waals surface area contributed by atoms with Crippen molar-refractivity contribution in [2.75, 3.05) is 0 Å². The van der Waals surface area contributed by atoms with Gasteiger partial charge in [-0.15, -0.1) is 0 Å². The Labute approximate surface area is 197 Å². The summed E-state index contributed by atoms with van der Waals surface area (Å²) in [5, 5.41) is 0. The van der Waals surface area contributed by atoms with Gasteiger partial charge in [-0.2, -0.15) is 0 Å². The summed E-state index contributed by atoms with van der Waals surface area (Å²) in [4.78, 5) is 12.4. The van der Waals surface area contributed by atoms with Gasteiger partial charge >= 0.3 is 5.97 Å². The van der Waals surface area contributed by atoms with Gasteiger partial charge in [0.25, 0.3) is 0 Å². The van der Waals surface area contributed by atoms with Gasteiger partial charge in [0.05, 0.1) is 11.7 Å². The zero-order valence-corrected chi connectivity index (χ0v) is 20.1. The number of hydrogen-bond acceptors (Lipinski definition) is 2. The van der Waals surface area contributed by atoms with Crippen LogP contribution in [-0.2, 0) is 17.6 Å². The van der Waals surface area contributed by atoms with Gasteiger partial charge in [0.1, 0.15) is 0 Å². The van der Waals surface area contributed by atoms with Crippen LogP contribution in [0.3, 0.4) is 0 Å². The lowest BCUT2D eigenvalue weighted by Gasteiger charge is -2.28. The first-order chi connectivity index (χ1) is 16.0. The van der Waals surface area contributed by atoms with Crippen molar-refractivity contribution in [1.29, 1.82) is 0 Å². The van der Waals surface area contributed by atoms with Gasteiger partial charge in [0.15, 0.2) is 11.6 Å². The molecule has 2 aromatic rings. The normalized spacial score (nSPS) is 19.3. The quantitative estimate of drug-likeness (QED) is 0.320. The van der Waals surface area contributed by atoms with Gasteiger partial charge in [-0.3, -0.25) is 0 Å². The summed E-state index contributed by atoms with van der Waals surface area (Å²) < 4.78 is 34.7. The zero-order valence-electron chi connectivity index (χ0n) is 20.1. The summed E-state index contributed by atoms with van der Waals surface area (Å²) in [6, 6.07) is 13.0. The van der Waals surface area contributed by atoms with Crippen LogP contribution in [0.25, 0.3) is 0 Å². The third kappa shape index (κ3) is 7.65. The molecule has 0 amide bonds. The fraction of sp³-hybridized carbons (Fsp3) is 0.552. The van der Waals surface area contributed by atoms with Crippen molar-refractivity contribution in [2.24, 2.45) is 11.8 Å². The molecule has 0 spiro atoms. The number of halogens is 2. The van der Waals surface area contributed by atoms with Crippen molar-refractivity contribution in [1.82, 2.24) is 0 Å². The van der Waals surface area contributed by atoms with Crippen molar-refractivity contribution >= 4 is 5.97 Å². The van der Waals surface area contributed by atoms with E-state index in [0.717, 1.165) is 25.2 Å². The Balaban J connectivity index is 1.47. The Hall–Kier alpha value is -2.23. The predicted molar refractivity (Wildman–Crippen MR) is 129 cm³/mol. The molecule has 33 heavy (non-hydrogen) atoms. The van der Waals surface area contributed by atoms with Gasteiger partial charge in [-0.25, -0.2) is 13.6 Å². The Morgan fingerprint density at radius 2 is 1.61 bits per heavy atom. The first-order valence-electron chi connectivity index (χ1n) is 12.7. The summed E-state index contributed by atoms with van der Waals surface area (Å²) in [7, 11) is 0. The minimum Gasteiger partial charge on any atom is -0.459 e. The second-order valence-electron chi connectivity index (χ2n) is 9.71. The molecule has 0 N–H and O–H groups in total. The first-order valence-corrected chi connectivity index (χ1v) is 12.7. The van der Waals surface area contributed by atoms with E-state index >= 15 is 0 Å². The van der Waals surface area contributed by atoms with E-state index in [-0.39, 0.29) is 11.7 Å². The van der Waals surface area contributed by atoms with E-state index in [1.807, 2.05) is 18.2 Å². The van der Waals surface area contributed by atoms with Crippen LogP contribution in [0.1, 0.15) is 93.1 Å². The van der Waals surface area contributed by atoms with Crippen LogP contribution >= 0.6 is 0 Å². The van der Waals surface area contributed by atoms with E-state index in [9.17, 15) is 13.6 Å². The van der Waals surface area contributed by atoms with Crippen molar-refractivity contribution in [3.05, 3.63) is 70.8 Å². The predicted octanol–water partition coefficient (Wildman–Crippen LogP) is 8.07. The summed E-state index contributed by atoms with van der Waals surface area (Å²) in [5.74, 6) is -1.35. The number of rotatable bonds is 11. The highest BCUT2D eigenvalue weighted by molar-refractivity contribution is 5.90. The lowest BCUT2D eigenvalue weighted by Crippen LogP contribution is -2.18. The summed E-state index contributed by atoms with van der Waals surface area (Å²) in [6.45, 7) is 4.02. The fourth-order valence-electron chi connectivity index (χ4n) is 5.06. The maximum Gasteiger partial charge on any atom is 0.341 e. The minimum absolute atomic E-state index is 0.314. The van der Waals surface area contributed by atoms with Crippen molar-refractivity contribution < 1.29 is 18.3 Å². The topological polar surface area (TPSA) is 26.3 Å². The van der Waals surface area contributed by atoms with Crippen LogP contribution in [0.5, 0.6) is 0 Å². The molecule has 1 unspecified atom stereocenters. The monoisotopic (exact) mass is 456 g/mol. The second kappa shape index (κ2) is 12.9. The Bertz CT molecular complexity index is 873. The number of carbonyl (C=O) groups excluding carboxylic acids is 1. The maximum atomic E-state index is 14.7. The Morgan fingerprint density at radius 1 is 0.939 bits per heavy atom. The summed E-state index contributed by atoms with van der Waals surface area (Å²) in [6.07, 6.45) is 10.9. The molecular formula is C29H38F2O2. The Kier molecular flexibility index (Phi) is 9.90. The van der Waals surface area contributed by atoms with Gasteiger partial charge in [0.2, 0.25) is 0 Å². The van der Waals surface area contributed by atoms with Crippen LogP contribution in [0.2, 0.25) is 0 Å². The number of ether oxygens (including phenoxy) is 1. The lowest BCUT2D eigenvalue weighted by molar-refractivity contribution is 0.0314. The average Bonchev–Trinajstić information content (AvgIpc) is 2.82. The molecule has 4 heteroatoms. The molecule has 1 saturated carbocycles. The van der Waals surface area contributed by atoms with Crippen LogP contribution < -0.4 is 0 Å². The molecule has 1 atom stereocenters. The molecule has 2 aromatic carbocycles. The highest BCUT2D eigenvalue weighted by Crippen LogP contribution is 2.34. The number of aryl methyl sites for hydroxylation is 2. The standard InChI is InChI=1S/C29H38F2O2/c1-3-8-22-13-15-24(16-14-22)17-18-25-19-20-26(28(31)27(25)30)29(32)33-21(2)9-7-12-23-10-5-4-6-11-23/h4-6,10-11,19-22,24H,3,7-9,12-18H2,1-2H3. The third-order valence-corrected chi connectivity index (χ3v) is 7.09. The van der Waals surface area contributed by atoms with E-state index < -0.39 is 17.6 Å². The van der Waals surface area contributed by atoms with Crippen LogP contribution in [0, 0.1) is 23.5 Å². The highest BCUT2D eigenvalue weighted by atomic mass is 19.2. The molecule has 0 bridgehead atoms. The molecule has 180 valence electrons. The molecular weight excluding hydrogens is 418 g/mol. The number of hydrogen-bond donors (Lipinski definition) is 0. The summed E-state index contributed by atoms with van der Waals surface area (Å²) in [5.41, 5.74) is 1.27. The van der Waals surface area contributed by atoms with Gasteiger partial charge in [-0.05, 0) is 68.1 Å². The van der Waals surface area contributed by atoms with E-state index in [1.54, 1.807) is 13.0 Å². The SMILES string of the molecule is CCCC1CCC(CCc2ccc(C(=O)OC(C)CCCc3ccccc3)c(F)c2F)CC1. The van der Waals surface area contributed by atoms with Gasteiger partial charge in [0, 0.05) is 0 Å². The number of esters is 1. The maximum absolute atomic E-state index is 14.7. The summed E-state index contributed by atoms with van der Waals surface area (Å²) >= 11 is 0. The molecule has 0 aromatic heterocycles. The van der Waals surface area contributed by atoms with Gasteiger partial charge < -0.3 is 4.74 Å². The minimum atomic E-state index is -1.08. The van der Waals surface area contributed by atoms with E-state index in [0.29, 0.717) is 24.3 Å². The number of carbonyl (C=O) groups is 1. The van der Waals surface area contributed by atoms with Crippen LogP contribution in [-0.4, -0.2) is 12.1 Å². The second-order valence-corrected chi connectivity index (χ2v) is 9.71. The molecule has 2 nitrogen and oxygen atoms in total. The largest absolute Gasteiger partial charge is 0.459 e.